The normalized spacial score (nSPS) is 13.8. The second-order valence-corrected chi connectivity index (χ2v) is 5.71. The monoisotopic (exact) mass is 237 g/mol. The molecule has 1 aromatic rings. The second-order valence-electron chi connectivity index (χ2n) is 4.80. The zero-order valence-corrected chi connectivity index (χ0v) is 11.6. The average Bonchev–Trinajstić information content (AvgIpc) is 2.29. The molecule has 0 radical (unpaired) electrons. The fourth-order valence-electron chi connectivity index (χ4n) is 1.65. The summed E-state index contributed by atoms with van der Waals surface area (Å²) in [6, 6.07) is 11.2. The minimum atomic E-state index is 0.205. The summed E-state index contributed by atoms with van der Waals surface area (Å²) in [4.78, 5) is 0. The number of thioether (sulfide) groups is 1. The van der Waals surface area contributed by atoms with Gasteiger partial charge in [-0.15, -0.1) is 0 Å². The lowest BCUT2D eigenvalue weighted by atomic mass is 9.98. The van der Waals surface area contributed by atoms with Gasteiger partial charge in [-0.1, -0.05) is 37.3 Å². The molecule has 0 saturated carbocycles. The molecule has 1 atom stereocenters. The van der Waals surface area contributed by atoms with Crippen molar-refractivity contribution < 1.29 is 0 Å². The first-order valence-corrected chi connectivity index (χ1v) is 7.30. The van der Waals surface area contributed by atoms with Gasteiger partial charge in [-0.3, -0.25) is 0 Å². The molecule has 1 aromatic carbocycles. The highest BCUT2D eigenvalue weighted by Crippen LogP contribution is 2.21. The van der Waals surface area contributed by atoms with Gasteiger partial charge in [0.15, 0.2) is 0 Å². The number of rotatable bonds is 6. The van der Waals surface area contributed by atoms with E-state index < -0.39 is 0 Å². The van der Waals surface area contributed by atoms with Crippen LogP contribution in [0.15, 0.2) is 30.3 Å². The third-order valence-electron chi connectivity index (χ3n) is 2.98. The van der Waals surface area contributed by atoms with E-state index in [1.807, 2.05) is 11.8 Å². The Bertz CT molecular complexity index is 295. The second kappa shape index (κ2) is 6.31. The lowest BCUT2D eigenvalue weighted by Gasteiger charge is -2.31. The summed E-state index contributed by atoms with van der Waals surface area (Å²) < 4.78 is 0. The first-order chi connectivity index (χ1) is 7.59. The third-order valence-corrected chi connectivity index (χ3v) is 3.65. The fraction of sp³-hybridized carbons (Fsp3) is 0.571. The van der Waals surface area contributed by atoms with Crippen molar-refractivity contribution in [3.05, 3.63) is 35.9 Å². The van der Waals surface area contributed by atoms with E-state index in [9.17, 15) is 0 Å². The van der Waals surface area contributed by atoms with Gasteiger partial charge in [0.05, 0.1) is 0 Å². The van der Waals surface area contributed by atoms with Gasteiger partial charge < -0.3 is 5.32 Å². The highest BCUT2D eigenvalue weighted by molar-refractivity contribution is 7.98. The predicted molar refractivity (Wildman–Crippen MR) is 75.1 cm³/mol. The van der Waals surface area contributed by atoms with Crippen LogP contribution in [0.4, 0.5) is 0 Å². The summed E-state index contributed by atoms with van der Waals surface area (Å²) >= 11 is 1.89. The molecule has 1 rings (SSSR count). The number of benzene rings is 1. The maximum absolute atomic E-state index is 3.74. The van der Waals surface area contributed by atoms with Crippen LogP contribution in [0.1, 0.15) is 38.8 Å². The van der Waals surface area contributed by atoms with E-state index in [1.54, 1.807) is 0 Å². The number of hydrogen-bond acceptors (Lipinski definition) is 2. The standard InChI is InChI=1S/C14H23NS/c1-5-14(2,3)15-13(11-16-4)12-9-7-6-8-10-12/h6-10,13,15H,5,11H2,1-4H3. The zero-order valence-electron chi connectivity index (χ0n) is 10.8. The largest absolute Gasteiger partial charge is 0.304 e. The summed E-state index contributed by atoms with van der Waals surface area (Å²) in [7, 11) is 0. The van der Waals surface area contributed by atoms with Crippen LogP contribution >= 0.6 is 11.8 Å². The van der Waals surface area contributed by atoms with Crippen molar-refractivity contribution in [2.75, 3.05) is 12.0 Å². The summed E-state index contributed by atoms with van der Waals surface area (Å²) in [5.74, 6) is 1.12. The predicted octanol–water partition coefficient (Wildman–Crippen LogP) is 3.87. The minimum Gasteiger partial charge on any atom is -0.304 e. The van der Waals surface area contributed by atoms with Crippen LogP contribution in [0.3, 0.4) is 0 Å². The van der Waals surface area contributed by atoms with Crippen molar-refractivity contribution in [2.24, 2.45) is 0 Å². The van der Waals surface area contributed by atoms with Crippen molar-refractivity contribution >= 4 is 11.8 Å². The third kappa shape index (κ3) is 4.18. The molecule has 0 bridgehead atoms. The molecule has 1 N–H and O–H groups in total. The van der Waals surface area contributed by atoms with Crippen LogP contribution in [0.25, 0.3) is 0 Å². The van der Waals surface area contributed by atoms with Crippen molar-refractivity contribution in [3.8, 4) is 0 Å². The van der Waals surface area contributed by atoms with Gasteiger partial charge in [0, 0.05) is 17.3 Å². The first-order valence-electron chi connectivity index (χ1n) is 5.90. The van der Waals surface area contributed by atoms with E-state index >= 15 is 0 Å². The number of nitrogens with one attached hydrogen (secondary N) is 1. The molecule has 0 heterocycles. The van der Waals surface area contributed by atoms with Crippen molar-refractivity contribution in [3.63, 3.8) is 0 Å². The molecule has 0 saturated heterocycles. The Morgan fingerprint density at radius 3 is 2.38 bits per heavy atom. The van der Waals surface area contributed by atoms with Gasteiger partial charge >= 0.3 is 0 Å². The lowest BCUT2D eigenvalue weighted by molar-refractivity contribution is 0.340. The maximum atomic E-state index is 3.74. The summed E-state index contributed by atoms with van der Waals surface area (Å²) in [5.41, 5.74) is 1.59. The molecule has 0 amide bonds. The average molecular weight is 237 g/mol. The van der Waals surface area contributed by atoms with Gasteiger partial charge in [0.2, 0.25) is 0 Å². The highest BCUT2D eigenvalue weighted by atomic mass is 32.2. The molecule has 0 fully saturated rings. The Balaban J connectivity index is 2.76. The minimum absolute atomic E-state index is 0.205. The molecule has 0 aliphatic heterocycles. The van der Waals surface area contributed by atoms with E-state index in [0.717, 1.165) is 12.2 Å². The summed E-state index contributed by atoms with van der Waals surface area (Å²) in [5, 5.41) is 3.74. The molecule has 0 aliphatic carbocycles. The van der Waals surface area contributed by atoms with Gasteiger partial charge in [-0.05, 0) is 32.1 Å². The molecule has 90 valence electrons. The van der Waals surface area contributed by atoms with Gasteiger partial charge in [-0.25, -0.2) is 0 Å². The molecular formula is C14H23NS. The van der Waals surface area contributed by atoms with E-state index in [4.69, 9.17) is 0 Å². The van der Waals surface area contributed by atoms with E-state index in [1.165, 1.54) is 5.56 Å². The molecule has 1 nitrogen and oxygen atoms in total. The highest BCUT2D eigenvalue weighted by Gasteiger charge is 2.20. The summed E-state index contributed by atoms with van der Waals surface area (Å²) in [6.07, 6.45) is 3.31. The van der Waals surface area contributed by atoms with Crippen molar-refractivity contribution in [2.45, 2.75) is 38.8 Å². The van der Waals surface area contributed by atoms with E-state index in [0.29, 0.717) is 6.04 Å². The first kappa shape index (κ1) is 13.6. The van der Waals surface area contributed by atoms with Crippen LogP contribution in [-0.4, -0.2) is 17.5 Å². The molecule has 1 unspecified atom stereocenters. The lowest BCUT2D eigenvalue weighted by Crippen LogP contribution is -2.42. The molecule has 16 heavy (non-hydrogen) atoms. The van der Waals surface area contributed by atoms with Crippen molar-refractivity contribution in [1.29, 1.82) is 0 Å². The number of hydrogen-bond donors (Lipinski definition) is 1. The Kier molecular flexibility index (Phi) is 5.36. The Hall–Kier alpha value is -0.470. The molecule has 0 spiro atoms. The molecule has 0 aromatic heterocycles. The quantitative estimate of drug-likeness (QED) is 0.806. The van der Waals surface area contributed by atoms with Gasteiger partial charge in [-0.2, -0.15) is 11.8 Å². The van der Waals surface area contributed by atoms with Crippen LogP contribution in [-0.2, 0) is 0 Å². The van der Waals surface area contributed by atoms with Gasteiger partial charge in [0.1, 0.15) is 0 Å². The zero-order chi connectivity index (χ0) is 12.0. The van der Waals surface area contributed by atoms with Gasteiger partial charge in [0.25, 0.3) is 0 Å². The smallest absolute Gasteiger partial charge is 0.0415 e. The molecular weight excluding hydrogens is 214 g/mol. The van der Waals surface area contributed by atoms with Crippen LogP contribution in [0.5, 0.6) is 0 Å². The SMILES string of the molecule is CCC(C)(C)NC(CSC)c1ccccc1. The Labute approximate surface area is 104 Å². The fourth-order valence-corrected chi connectivity index (χ4v) is 2.26. The molecule has 0 aliphatic rings. The van der Waals surface area contributed by atoms with Crippen LogP contribution < -0.4 is 5.32 Å². The van der Waals surface area contributed by atoms with Crippen LogP contribution in [0, 0.1) is 0 Å². The van der Waals surface area contributed by atoms with Crippen LogP contribution in [0.2, 0.25) is 0 Å². The Morgan fingerprint density at radius 1 is 1.25 bits per heavy atom. The Morgan fingerprint density at radius 2 is 1.88 bits per heavy atom. The topological polar surface area (TPSA) is 12.0 Å². The van der Waals surface area contributed by atoms with E-state index in [2.05, 4.69) is 62.7 Å². The summed E-state index contributed by atoms with van der Waals surface area (Å²) in [6.45, 7) is 6.76. The maximum Gasteiger partial charge on any atom is 0.0415 e. The molecule has 2 heteroatoms. The van der Waals surface area contributed by atoms with E-state index in [-0.39, 0.29) is 5.54 Å². The van der Waals surface area contributed by atoms with Crippen molar-refractivity contribution in [1.82, 2.24) is 5.32 Å².